The van der Waals surface area contributed by atoms with Crippen molar-refractivity contribution < 1.29 is 42.9 Å². The highest BCUT2D eigenvalue weighted by Gasteiger charge is 2.32. The fourth-order valence-corrected chi connectivity index (χ4v) is 2.92. The van der Waals surface area contributed by atoms with Crippen molar-refractivity contribution in [3.05, 3.63) is 23.8 Å². The van der Waals surface area contributed by atoms with E-state index in [1.807, 2.05) is 27.7 Å². The van der Waals surface area contributed by atoms with E-state index in [9.17, 15) is 19.2 Å². The molecule has 0 aromatic heterocycles. The summed E-state index contributed by atoms with van der Waals surface area (Å²) in [5, 5.41) is 0. The number of carbonyl (C=O) groups is 4. The molecule has 2 N–H and O–H groups in total. The zero-order valence-corrected chi connectivity index (χ0v) is 26.3. The zero-order chi connectivity index (χ0) is 31.5. The number of carbonyl (C=O) groups excluding carboxylic acids is 4. The highest BCUT2D eigenvalue weighted by molar-refractivity contribution is 5.81. The highest BCUT2D eigenvalue weighted by Crippen LogP contribution is 2.34. The first-order chi connectivity index (χ1) is 19.0. The molecule has 0 bridgehead atoms. The number of hydrogen-bond donors (Lipinski definition) is 1. The molecule has 0 aliphatic rings. The van der Waals surface area contributed by atoms with E-state index < -0.39 is 53.1 Å². The lowest BCUT2D eigenvalue weighted by molar-refractivity contribution is -0.155. The molecule has 0 radical (unpaired) electrons. The molecule has 232 valence electrons. The van der Waals surface area contributed by atoms with Crippen molar-refractivity contribution >= 4 is 24.1 Å². The smallest absolute Gasteiger partial charge is 0.458 e. The molecule has 1 unspecified atom stereocenters. The number of ether oxygens (including phenoxy) is 5. The van der Waals surface area contributed by atoms with Gasteiger partial charge in [-0.3, -0.25) is 14.4 Å². The average molecular weight is 580 g/mol. The van der Waals surface area contributed by atoms with Gasteiger partial charge in [-0.2, -0.15) is 0 Å². The lowest BCUT2D eigenvalue weighted by atomic mass is 9.90. The molecule has 1 aromatic rings. The summed E-state index contributed by atoms with van der Waals surface area (Å²) in [6, 6.07) is 3.62. The SMILES string of the molecule is CCC(C)COC(=O)O[C@@H](C)[C@H](C)OC(=O)[C@@H](N)Cc1ccc(OC(=O)C(C)(C)CC)c(OC(=O)C(C)(C)CC)c1. The van der Waals surface area contributed by atoms with Crippen LogP contribution in [0.15, 0.2) is 18.2 Å². The van der Waals surface area contributed by atoms with Crippen molar-refractivity contribution in [1.29, 1.82) is 0 Å². The summed E-state index contributed by atoms with van der Waals surface area (Å²) >= 11 is 0. The maximum atomic E-state index is 12.8. The lowest BCUT2D eigenvalue weighted by Gasteiger charge is -2.24. The number of rotatable bonds is 15. The van der Waals surface area contributed by atoms with E-state index in [2.05, 4.69) is 0 Å². The van der Waals surface area contributed by atoms with Gasteiger partial charge in [-0.15, -0.1) is 0 Å². The van der Waals surface area contributed by atoms with Gasteiger partial charge in [-0.05, 0) is 84.4 Å². The zero-order valence-electron chi connectivity index (χ0n) is 26.3. The fourth-order valence-electron chi connectivity index (χ4n) is 2.92. The van der Waals surface area contributed by atoms with Crippen LogP contribution in [0.5, 0.6) is 11.5 Å². The number of hydrogen-bond acceptors (Lipinski definition) is 10. The Hall–Kier alpha value is -3.14. The minimum Gasteiger partial charge on any atom is -0.458 e. The Morgan fingerprint density at radius 2 is 1.32 bits per heavy atom. The van der Waals surface area contributed by atoms with Crippen molar-refractivity contribution in [2.75, 3.05) is 6.61 Å². The van der Waals surface area contributed by atoms with Crippen LogP contribution in [0, 0.1) is 16.7 Å². The Kier molecular flexibility index (Phi) is 13.8. The topological polar surface area (TPSA) is 140 Å². The standard InChI is InChI=1S/C31H49NO9/c1-11-19(4)18-37-29(36)39-21(6)20(5)38-26(33)23(32)16-22-14-15-24(40-27(34)30(7,8)12-2)25(17-22)41-28(35)31(9,10)13-3/h14-15,17,19-21,23H,11-13,16,18,32H2,1-10H3/t19?,20-,21-,23-/m0/s1. The number of nitrogens with two attached hydrogens (primary N) is 1. The molecular formula is C31H49NO9. The Bertz CT molecular complexity index is 1050. The van der Waals surface area contributed by atoms with E-state index in [0.29, 0.717) is 18.4 Å². The minimum atomic E-state index is -1.06. The predicted octanol–water partition coefficient (Wildman–Crippen LogP) is 5.76. The van der Waals surface area contributed by atoms with Crippen molar-refractivity contribution in [1.82, 2.24) is 0 Å². The molecule has 0 saturated carbocycles. The summed E-state index contributed by atoms with van der Waals surface area (Å²) in [6.45, 7) is 18.2. The maximum absolute atomic E-state index is 12.8. The minimum absolute atomic E-state index is 0.0497. The second kappa shape index (κ2) is 15.7. The van der Waals surface area contributed by atoms with Crippen LogP contribution in [0.25, 0.3) is 0 Å². The quantitative estimate of drug-likeness (QED) is 0.201. The van der Waals surface area contributed by atoms with Gasteiger partial charge in [-0.25, -0.2) is 4.79 Å². The molecular weight excluding hydrogens is 530 g/mol. The number of esters is 3. The van der Waals surface area contributed by atoms with Crippen LogP contribution >= 0.6 is 0 Å². The van der Waals surface area contributed by atoms with Gasteiger partial charge in [0.1, 0.15) is 18.2 Å². The van der Waals surface area contributed by atoms with E-state index in [1.54, 1.807) is 47.6 Å². The largest absolute Gasteiger partial charge is 0.508 e. The third-order valence-electron chi connectivity index (χ3n) is 7.47. The van der Waals surface area contributed by atoms with Gasteiger partial charge in [0.25, 0.3) is 0 Å². The first-order valence-electron chi connectivity index (χ1n) is 14.3. The first-order valence-corrected chi connectivity index (χ1v) is 14.3. The van der Waals surface area contributed by atoms with Crippen LogP contribution in [0.3, 0.4) is 0 Å². The highest BCUT2D eigenvalue weighted by atomic mass is 16.7. The van der Waals surface area contributed by atoms with Gasteiger partial charge in [-0.1, -0.05) is 40.2 Å². The fraction of sp³-hybridized carbons (Fsp3) is 0.677. The lowest BCUT2D eigenvalue weighted by Crippen LogP contribution is -2.39. The molecule has 0 saturated heterocycles. The van der Waals surface area contributed by atoms with Gasteiger partial charge in [0, 0.05) is 0 Å². The summed E-state index contributed by atoms with van der Waals surface area (Å²) in [4.78, 5) is 50.2. The van der Waals surface area contributed by atoms with Crippen LogP contribution in [0.1, 0.15) is 94.1 Å². The first kappa shape index (κ1) is 35.9. The van der Waals surface area contributed by atoms with E-state index in [4.69, 9.17) is 29.4 Å². The summed E-state index contributed by atoms with van der Waals surface area (Å²) in [7, 11) is 0. The predicted molar refractivity (Wildman–Crippen MR) is 154 cm³/mol. The molecule has 0 spiro atoms. The molecule has 4 atom stereocenters. The second-order valence-electron chi connectivity index (χ2n) is 11.9. The molecule has 0 aliphatic heterocycles. The Morgan fingerprint density at radius 3 is 1.83 bits per heavy atom. The van der Waals surface area contributed by atoms with Crippen LogP contribution in [0.2, 0.25) is 0 Å². The van der Waals surface area contributed by atoms with Gasteiger partial charge < -0.3 is 29.4 Å². The molecule has 41 heavy (non-hydrogen) atoms. The monoisotopic (exact) mass is 579 g/mol. The van der Waals surface area contributed by atoms with Crippen LogP contribution < -0.4 is 15.2 Å². The Balaban J connectivity index is 2.99. The van der Waals surface area contributed by atoms with Crippen molar-refractivity contribution in [2.24, 2.45) is 22.5 Å². The maximum Gasteiger partial charge on any atom is 0.508 e. The molecule has 0 aliphatic carbocycles. The van der Waals surface area contributed by atoms with Crippen LogP contribution in [-0.4, -0.2) is 48.9 Å². The van der Waals surface area contributed by atoms with E-state index in [0.717, 1.165) is 6.42 Å². The van der Waals surface area contributed by atoms with Crippen molar-refractivity contribution in [2.45, 2.75) is 113 Å². The number of benzene rings is 1. The second-order valence-corrected chi connectivity index (χ2v) is 11.9. The van der Waals surface area contributed by atoms with Crippen molar-refractivity contribution in [3.63, 3.8) is 0 Å². The summed E-state index contributed by atoms with van der Waals surface area (Å²) in [5.74, 6) is -1.30. The summed E-state index contributed by atoms with van der Waals surface area (Å²) < 4.78 is 27.0. The molecule has 10 nitrogen and oxygen atoms in total. The molecule has 0 amide bonds. The third kappa shape index (κ3) is 11.3. The van der Waals surface area contributed by atoms with E-state index in [1.165, 1.54) is 12.1 Å². The van der Waals surface area contributed by atoms with Crippen LogP contribution in [0.4, 0.5) is 4.79 Å². The van der Waals surface area contributed by atoms with Gasteiger partial charge in [0.2, 0.25) is 0 Å². The Morgan fingerprint density at radius 1 is 0.805 bits per heavy atom. The van der Waals surface area contributed by atoms with Crippen LogP contribution in [-0.2, 0) is 35.0 Å². The molecule has 0 heterocycles. The van der Waals surface area contributed by atoms with Gasteiger partial charge >= 0.3 is 24.1 Å². The third-order valence-corrected chi connectivity index (χ3v) is 7.47. The van der Waals surface area contributed by atoms with Gasteiger partial charge in [0.15, 0.2) is 11.5 Å². The van der Waals surface area contributed by atoms with Gasteiger partial charge in [0.05, 0.1) is 17.4 Å². The van der Waals surface area contributed by atoms with Crippen molar-refractivity contribution in [3.8, 4) is 11.5 Å². The van der Waals surface area contributed by atoms with E-state index in [-0.39, 0.29) is 30.4 Å². The molecule has 10 heteroatoms. The summed E-state index contributed by atoms with van der Waals surface area (Å²) in [6.07, 6.45) is -0.363. The van der Waals surface area contributed by atoms with E-state index >= 15 is 0 Å². The Labute approximate surface area is 244 Å². The normalized spacial score (nSPS) is 14.7. The molecule has 0 fully saturated rings. The average Bonchev–Trinajstić information content (AvgIpc) is 2.92. The molecule has 1 aromatic carbocycles. The molecule has 1 rings (SSSR count). The summed E-state index contributed by atoms with van der Waals surface area (Å²) in [5.41, 5.74) is 5.19.